The van der Waals surface area contributed by atoms with Gasteiger partial charge < -0.3 is 9.72 Å². The minimum atomic E-state index is -0.746. The average Bonchev–Trinajstić information content (AvgIpc) is 2.80. The van der Waals surface area contributed by atoms with Crippen LogP contribution in [-0.4, -0.2) is 15.9 Å². The molecule has 2 aromatic rings. The van der Waals surface area contributed by atoms with Gasteiger partial charge in [-0.15, -0.1) is 0 Å². The number of nitrogens with zero attached hydrogens (tertiary/aromatic N) is 1. The molecule has 0 spiro atoms. The predicted octanol–water partition coefficient (Wildman–Crippen LogP) is 3.99. The Morgan fingerprint density at radius 2 is 2.11 bits per heavy atom. The number of H-pyrrole nitrogens is 1. The van der Waals surface area contributed by atoms with E-state index in [1.165, 1.54) is 12.5 Å². The second-order valence-corrected chi connectivity index (χ2v) is 5.37. The Bertz CT molecular complexity index is 594. The van der Waals surface area contributed by atoms with Gasteiger partial charge in [-0.2, -0.15) is 0 Å². The highest BCUT2D eigenvalue weighted by molar-refractivity contribution is 6.35. The Morgan fingerprint density at radius 3 is 2.68 bits per heavy atom. The summed E-state index contributed by atoms with van der Waals surface area (Å²) in [6.45, 7) is 3.68. The molecule has 0 unspecified atom stereocenters. The van der Waals surface area contributed by atoms with Crippen LogP contribution in [0.1, 0.15) is 25.1 Å². The molecule has 1 aromatic heterocycles. The minimum Gasteiger partial charge on any atom is -0.466 e. The van der Waals surface area contributed by atoms with Crippen LogP contribution in [-0.2, 0) is 10.3 Å². The number of nitrogens with one attached hydrogen (secondary N) is 2. The van der Waals surface area contributed by atoms with Crippen molar-refractivity contribution in [3.05, 3.63) is 52.0 Å². The molecular weight excluding hydrogens is 285 g/mol. The number of ether oxygens (including phenoxy) is 1. The van der Waals surface area contributed by atoms with Crippen molar-refractivity contribution in [1.29, 1.82) is 5.41 Å². The van der Waals surface area contributed by atoms with Gasteiger partial charge in [-0.3, -0.25) is 5.41 Å². The van der Waals surface area contributed by atoms with Gasteiger partial charge in [0.15, 0.2) is 0 Å². The fourth-order valence-corrected chi connectivity index (χ4v) is 2.36. The third-order valence-corrected chi connectivity index (χ3v) is 3.23. The van der Waals surface area contributed by atoms with Gasteiger partial charge in [-0.25, -0.2) is 4.98 Å². The van der Waals surface area contributed by atoms with Crippen molar-refractivity contribution in [2.24, 2.45) is 0 Å². The summed E-state index contributed by atoms with van der Waals surface area (Å²) < 4.78 is 5.67. The van der Waals surface area contributed by atoms with Gasteiger partial charge in [0.05, 0.1) is 12.5 Å². The van der Waals surface area contributed by atoms with E-state index in [1.807, 2.05) is 13.8 Å². The van der Waals surface area contributed by atoms with Crippen LogP contribution in [0.15, 0.2) is 30.7 Å². The lowest BCUT2D eigenvalue weighted by molar-refractivity contribution is 0.0934. The average molecular weight is 298 g/mol. The lowest BCUT2D eigenvalue weighted by atomic mass is 9.98. The number of benzene rings is 1. The normalized spacial score (nSPS) is 11.4. The summed E-state index contributed by atoms with van der Waals surface area (Å²) >= 11 is 12.0. The summed E-state index contributed by atoms with van der Waals surface area (Å²) in [5.41, 5.74) is 0.533. The first-order valence-corrected chi connectivity index (χ1v) is 6.37. The fourth-order valence-electron chi connectivity index (χ4n) is 1.72. The molecule has 0 saturated carbocycles. The molecule has 0 aliphatic heterocycles. The summed E-state index contributed by atoms with van der Waals surface area (Å²) in [4.78, 5) is 6.68. The maximum atomic E-state index is 7.90. The van der Waals surface area contributed by atoms with Gasteiger partial charge in [0.2, 0.25) is 5.90 Å². The molecule has 1 heterocycles. The second-order valence-electron chi connectivity index (χ2n) is 4.53. The Kier molecular flexibility index (Phi) is 3.83. The molecule has 0 atom stereocenters. The number of aromatic nitrogens is 2. The molecule has 0 bridgehead atoms. The summed E-state index contributed by atoms with van der Waals surface area (Å²) in [5, 5.41) is 8.97. The molecule has 100 valence electrons. The largest absolute Gasteiger partial charge is 0.466 e. The Morgan fingerprint density at radius 1 is 1.37 bits per heavy atom. The van der Waals surface area contributed by atoms with Crippen LogP contribution < -0.4 is 0 Å². The van der Waals surface area contributed by atoms with Gasteiger partial charge >= 0.3 is 0 Å². The fraction of sp³-hybridized carbons (Fsp3) is 0.231. The standard InChI is InChI=1S/C13H13Cl2N3O/c1-13(2,9-4-3-8(14)5-10(9)15)19-12(16)11-6-17-7-18-11/h3-7,16H,1-2H3,(H,17,18). The van der Waals surface area contributed by atoms with Crippen molar-refractivity contribution >= 4 is 29.1 Å². The van der Waals surface area contributed by atoms with Gasteiger partial charge in [0.25, 0.3) is 0 Å². The number of hydrogen-bond donors (Lipinski definition) is 2. The SMILES string of the molecule is CC(C)(OC(=N)c1cnc[nH]1)c1ccc(Cl)cc1Cl. The van der Waals surface area contributed by atoms with E-state index in [0.29, 0.717) is 15.7 Å². The molecule has 0 saturated heterocycles. The molecule has 0 aliphatic rings. The van der Waals surface area contributed by atoms with Crippen molar-refractivity contribution in [3.8, 4) is 0 Å². The van der Waals surface area contributed by atoms with E-state index >= 15 is 0 Å². The maximum Gasteiger partial charge on any atom is 0.232 e. The monoisotopic (exact) mass is 297 g/mol. The zero-order chi connectivity index (χ0) is 14.0. The van der Waals surface area contributed by atoms with Crippen LogP contribution in [0, 0.1) is 5.41 Å². The molecule has 0 amide bonds. The second kappa shape index (κ2) is 5.23. The highest BCUT2D eigenvalue weighted by atomic mass is 35.5. The van der Waals surface area contributed by atoms with E-state index in [2.05, 4.69) is 9.97 Å². The Balaban J connectivity index is 2.25. The first-order chi connectivity index (χ1) is 8.90. The van der Waals surface area contributed by atoms with E-state index in [-0.39, 0.29) is 5.90 Å². The molecule has 0 aliphatic carbocycles. The van der Waals surface area contributed by atoms with Crippen molar-refractivity contribution in [1.82, 2.24) is 9.97 Å². The quantitative estimate of drug-likeness (QED) is 0.664. The van der Waals surface area contributed by atoms with Crippen LogP contribution in [0.5, 0.6) is 0 Å². The van der Waals surface area contributed by atoms with E-state index in [4.69, 9.17) is 33.3 Å². The summed E-state index contributed by atoms with van der Waals surface area (Å²) in [6.07, 6.45) is 3.03. The number of imidazole rings is 1. The zero-order valence-electron chi connectivity index (χ0n) is 10.5. The smallest absolute Gasteiger partial charge is 0.232 e. The summed E-state index contributed by atoms with van der Waals surface area (Å²) in [6, 6.07) is 5.20. The molecular formula is C13H13Cl2N3O. The topological polar surface area (TPSA) is 61.8 Å². The Hall–Kier alpha value is -1.52. The number of rotatable bonds is 3. The van der Waals surface area contributed by atoms with Crippen molar-refractivity contribution in [2.75, 3.05) is 0 Å². The number of aromatic amines is 1. The first kappa shape index (κ1) is 13.9. The van der Waals surface area contributed by atoms with Gasteiger partial charge in [0, 0.05) is 15.6 Å². The molecule has 2 rings (SSSR count). The predicted molar refractivity (Wildman–Crippen MR) is 76.0 cm³/mol. The van der Waals surface area contributed by atoms with E-state index < -0.39 is 5.60 Å². The van der Waals surface area contributed by atoms with Crippen molar-refractivity contribution < 1.29 is 4.74 Å². The molecule has 1 aromatic carbocycles. The van der Waals surface area contributed by atoms with Gasteiger partial charge in [-0.1, -0.05) is 29.3 Å². The number of hydrogen-bond acceptors (Lipinski definition) is 3. The molecule has 4 nitrogen and oxygen atoms in total. The minimum absolute atomic E-state index is 0.00789. The van der Waals surface area contributed by atoms with E-state index in [9.17, 15) is 0 Å². The molecule has 0 fully saturated rings. The van der Waals surface area contributed by atoms with Crippen LogP contribution in [0.3, 0.4) is 0 Å². The first-order valence-electron chi connectivity index (χ1n) is 5.62. The molecule has 2 N–H and O–H groups in total. The molecule has 19 heavy (non-hydrogen) atoms. The highest BCUT2D eigenvalue weighted by Crippen LogP contribution is 2.33. The highest BCUT2D eigenvalue weighted by Gasteiger charge is 2.27. The zero-order valence-corrected chi connectivity index (χ0v) is 12.0. The van der Waals surface area contributed by atoms with Gasteiger partial charge in [0.1, 0.15) is 11.3 Å². The van der Waals surface area contributed by atoms with Crippen molar-refractivity contribution in [3.63, 3.8) is 0 Å². The van der Waals surface area contributed by atoms with Crippen molar-refractivity contribution in [2.45, 2.75) is 19.4 Å². The van der Waals surface area contributed by atoms with Crippen LogP contribution in [0.4, 0.5) is 0 Å². The summed E-state index contributed by atoms with van der Waals surface area (Å²) in [5.74, 6) is 0.00789. The summed E-state index contributed by atoms with van der Waals surface area (Å²) in [7, 11) is 0. The lowest BCUT2D eigenvalue weighted by Crippen LogP contribution is -2.26. The van der Waals surface area contributed by atoms with E-state index in [0.717, 1.165) is 5.56 Å². The lowest BCUT2D eigenvalue weighted by Gasteiger charge is -2.27. The molecule has 0 radical (unpaired) electrons. The van der Waals surface area contributed by atoms with Crippen LogP contribution in [0.25, 0.3) is 0 Å². The van der Waals surface area contributed by atoms with Gasteiger partial charge in [-0.05, 0) is 26.0 Å². The maximum absolute atomic E-state index is 7.90. The van der Waals surface area contributed by atoms with E-state index in [1.54, 1.807) is 18.2 Å². The Labute approximate surface area is 121 Å². The number of halogens is 2. The molecule has 6 heteroatoms. The third kappa shape index (κ3) is 3.08. The van der Waals surface area contributed by atoms with Crippen LogP contribution in [0.2, 0.25) is 10.0 Å². The third-order valence-electron chi connectivity index (χ3n) is 2.68. The van der Waals surface area contributed by atoms with Crippen LogP contribution >= 0.6 is 23.2 Å².